The molecule has 0 aliphatic carbocycles. The lowest BCUT2D eigenvalue weighted by atomic mass is 10.0. The van der Waals surface area contributed by atoms with E-state index in [0.29, 0.717) is 12.5 Å². The lowest BCUT2D eigenvalue weighted by Gasteiger charge is -2.10. The molecule has 4 nitrogen and oxygen atoms in total. The van der Waals surface area contributed by atoms with Crippen molar-refractivity contribution in [1.82, 2.24) is 9.78 Å². The van der Waals surface area contributed by atoms with Crippen molar-refractivity contribution in [2.24, 2.45) is 12.8 Å². The van der Waals surface area contributed by atoms with Crippen LogP contribution >= 0.6 is 0 Å². The minimum absolute atomic E-state index is 0.524. The SMILES string of the molecule is Cc1nn(C)c(Oc2ccc(C(C)C)cc2)c1CCN. The van der Waals surface area contributed by atoms with E-state index in [0.717, 1.165) is 29.3 Å². The van der Waals surface area contributed by atoms with Crippen molar-refractivity contribution in [2.45, 2.75) is 33.1 Å². The van der Waals surface area contributed by atoms with Gasteiger partial charge in [0.1, 0.15) is 5.75 Å². The van der Waals surface area contributed by atoms with Gasteiger partial charge in [-0.05, 0) is 43.5 Å². The van der Waals surface area contributed by atoms with E-state index in [4.69, 9.17) is 10.5 Å². The number of ether oxygens (including phenoxy) is 1. The molecule has 2 N–H and O–H groups in total. The van der Waals surface area contributed by atoms with Gasteiger partial charge >= 0.3 is 0 Å². The largest absolute Gasteiger partial charge is 0.439 e. The van der Waals surface area contributed by atoms with Gasteiger partial charge < -0.3 is 10.5 Å². The van der Waals surface area contributed by atoms with E-state index in [1.54, 1.807) is 4.68 Å². The molecule has 0 aliphatic heterocycles. The minimum Gasteiger partial charge on any atom is -0.439 e. The normalized spacial score (nSPS) is 11.1. The Hall–Kier alpha value is -1.81. The number of hydrogen-bond acceptors (Lipinski definition) is 3. The van der Waals surface area contributed by atoms with Crippen molar-refractivity contribution in [3.63, 3.8) is 0 Å². The van der Waals surface area contributed by atoms with Gasteiger partial charge in [0, 0.05) is 12.6 Å². The van der Waals surface area contributed by atoms with Gasteiger partial charge in [-0.1, -0.05) is 26.0 Å². The van der Waals surface area contributed by atoms with Crippen LogP contribution in [0.5, 0.6) is 11.6 Å². The summed E-state index contributed by atoms with van der Waals surface area (Å²) in [4.78, 5) is 0. The minimum atomic E-state index is 0.524. The predicted molar refractivity (Wildman–Crippen MR) is 81.3 cm³/mol. The van der Waals surface area contributed by atoms with E-state index in [1.165, 1.54) is 5.56 Å². The second-order valence-electron chi connectivity index (χ2n) is 5.36. The molecule has 20 heavy (non-hydrogen) atoms. The predicted octanol–water partition coefficient (Wildman–Crippen LogP) is 3.15. The van der Waals surface area contributed by atoms with E-state index in [2.05, 4.69) is 31.1 Å². The first-order valence-electron chi connectivity index (χ1n) is 7.03. The first kappa shape index (κ1) is 14.6. The molecular weight excluding hydrogens is 250 g/mol. The molecule has 0 saturated carbocycles. The Morgan fingerprint density at radius 2 is 1.90 bits per heavy atom. The fraction of sp³-hybridized carbons (Fsp3) is 0.438. The molecule has 0 aliphatic rings. The smallest absolute Gasteiger partial charge is 0.221 e. The summed E-state index contributed by atoms with van der Waals surface area (Å²) in [6.45, 7) is 6.94. The van der Waals surface area contributed by atoms with Crippen LogP contribution in [0, 0.1) is 6.92 Å². The average molecular weight is 273 g/mol. The van der Waals surface area contributed by atoms with Crippen LogP contribution in [0.2, 0.25) is 0 Å². The van der Waals surface area contributed by atoms with Gasteiger partial charge in [0.25, 0.3) is 0 Å². The second-order valence-corrected chi connectivity index (χ2v) is 5.36. The molecule has 108 valence electrons. The van der Waals surface area contributed by atoms with Gasteiger partial charge in [-0.2, -0.15) is 5.10 Å². The average Bonchev–Trinajstić information content (AvgIpc) is 2.67. The molecule has 0 unspecified atom stereocenters. The van der Waals surface area contributed by atoms with Crippen molar-refractivity contribution >= 4 is 0 Å². The molecule has 1 aromatic heterocycles. The highest BCUT2D eigenvalue weighted by Crippen LogP contribution is 2.28. The number of aromatic nitrogens is 2. The van der Waals surface area contributed by atoms with Crippen LogP contribution in [-0.2, 0) is 13.5 Å². The highest BCUT2D eigenvalue weighted by molar-refractivity contribution is 5.37. The first-order chi connectivity index (χ1) is 9.52. The van der Waals surface area contributed by atoms with Crippen LogP contribution in [0.25, 0.3) is 0 Å². The van der Waals surface area contributed by atoms with E-state index >= 15 is 0 Å². The standard InChI is InChI=1S/C16H23N3O/c1-11(2)13-5-7-14(8-6-13)20-16-15(9-10-17)12(3)18-19(16)4/h5-8,11H,9-10,17H2,1-4H3. The number of aryl methyl sites for hydroxylation is 2. The first-order valence-corrected chi connectivity index (χ1v) is 7.03. The molecule has 0 fully saturated rings. The molecule has 0 atom stereocenters. The van der Waals surface area contributed by atoms with E-state index in [1.807, 2.05) is 26.1 Å². The summed E-state index contributed by atoms with van der Waals surface area (Å²) in [5.41, 5.74) is 9.03. The van der Waals surface area contributed by atoms with Gasteiger partial charge in [0.15, 0.2) is 0 Å². The summed E-state index contributed by atoms with van der Waals surface area (Å²) in [7, 11) is 1.89. The number of benzene rings is 1. The van der Waals surface area contributed by atoms with E-state index < -0.39 is 0 Å². The van der Waals surface area contributed by atoms with Gasteiger partial charge in [0.05, 0.1) is 5.69 Å². The molecule has 0 radical (unpaired) electrons. The Kier molecular flexibility index (Phi) is 4.45. The highest BCUT2D eigenvalue weighted by Gasteiger charge is 2.14. The molecule has 4 heteroatoms. The topological polar surface area (TPSA) is 53.1 Å². The van der Waals surface area contributed by atoms with Gasteiger partial charge in [-0.15, -0.1) is 0 Å². The Bertz CT molecular complexity index is 570. The third kappa shape index (κ3) is 3.02. The lowest BCUT2D eigenvalue weighted by molar-refractivity contribution is 0.425. The van der Waals surface area contributed by atoms with Crippen LogP contribution in [0.4, 0.5) is 0 Å². The number of nitrogens with zero attached hydrogens (tertiary/aromatic N) is 2. The molecule has 0 spiro atoms. The fourth-order valence-corrected chi connectivity index (χ4v) is 2.27. The van der Waals surface area contributed by atoms with Gasteiger partial charge in [-0.3, -0.25) is 0 Å². The molecule has 1 aromatic carbocycles. The van der Waals surface area contributed by atoms with E-state index in [-0.39, 0.29) is 0 Å². The molecular formula is C16H23N3O. The lowest BCUT2D eigenvalue weighted by Crippen LogP contribution is -2.05. The Morgan fingerprint density at radius 3 is 2.45 bits per heavy atom. The van der Waals surface area contributed by atoms with Crippen LogP contribution in [0.1, 0.15) is 36.6 Å². The summed E-state index contributed by atoms with van der Waals surface area (Å²) in [6.07, 6.45) is 0.777. The Balaban J connectivity index is 2.25. The molecule has 0 bridgehead atoms. The number of nitrogens with two attached hydrogens (primary N) is 1. The van der Waals surface area contributed by atoms with Crippen LogP contribution in [0.15, 0.2) is 24.3 Å². The fourth-order valence-electron chi connectivity index (χ4n) is 2.27. The summed E-state index contributed by atoms with van der Waals surface area (Å²) in [5.74, 6) is 2.14. The van der Waals surface area contributed by atoms with Crippen LogP contribution < -0.4 is 10.5 Å². The second kappa shape index (κ2) is 6.09. The molecule has 1 heterocycles. The molecule has 0 saturated heterocycles. The van der Waals surface area contributed by atoms with Gasteiger partial charge in [0.2, 0.25) is 5.88 Å². The summed E-state index contributed by atoms with van der Waals surface area (Å²) in [5, 5.41) is 4.41. The third-order valence-electron chi connectivity index (χ3n) is 3.44. The number of rotatable bonds is 5. The molecule has 2 rings (SSSR count). The van der Waals surface area contributed by atoms with Crippen LogP contribution in [-0.4, -0.2) is 16.3 Å². The van der Waals surface area contributed by atoms with Crippen molar-refractivity contribution in [2.75, 3.05) is 6.54 Å². The summed E-state index contributed by atoms with van der Waals surface area (Å²) >= 11 is 0. The van der Waals surface area contributed by atoms with Gasteiger partial charge in [-0.25, -0.2) is 4.68 Å². The van der Waals surface area contributed by atoms with Crippen molar-refractivity contribution in [3.8, 4) is 11.6 Å². The zero-order valence-corrected chi connectivity index (χ0v) is 12.7. The maximum atomic E-state index is 5.99. The maximum Gasteiger partial charge on any atom is 0.221 e. The van der Waals surface area contributed by atoms with Crippen molar-refractivity contribution in [3.05, 3.63) is 41.1 Å². The third-order valence-corrected chi connectivity index (χ3v) is 3.44. The van der Waals surface area contributed by atoms with Crippen molar-refractivity contribution in [1.29, 1.82) is 0 Å². The number of hydrogen-bond donors (Lipinski definition) is 1. The summed E-state index contributed by atoms with van der Waals surface area (Å²) in [6, 6.07) is 8.21. The molecule has 2 aromatic rings. The maximum absolute atomic E-state index is 5.99. The Morgan fingerprint density at radius 1 is 1.25 bits per heavy atom. The summed E-state index contributed by atoms with van der Waals surface area (Å²) < 4.78 is 7.77. The molecule has 0 amide bonds. The van der Waals surface area contributed by atoms with E-state index in [9.17, 15) is 0 Å². The van der Waals surface area contributed by atoms with Crippen LogP contribution in [0.3, 0.4) is 0 Å². The highest BCUT2D eigenvalue weighted by atomic mass is 16.5. The van der Waals surface area contributed by atoms with Crippen molar-refractivity contribution < 1.29 is 4.74 Å². The zero-order chi connectivity index (χ0) is 14.7. The monoisotopic (exact) mass is 273 g/mol. The zero-order valence-electron chi connectivity index (χ0n) is 12.7. The Labute approximate surface area is 120 Å². The quantitative estimate of drug-likeness (QED) is 0.910.